The Balaban J connectivity index is 1.34. The fraction of sp³-hybridized carbons (Fsp3) is 0.278. The van der Waals surface area contributed by atoms with Gasteiger partial charge in [0.15, 0.2) is 0 Å². The molecule has 26 heavy (non-hydrogen) atoms. The molecule has 0 N–H and O–H groups in total. The quantitative estimate of drug-likeness (QED) is 0.625. The van der Waals surface area contributed by atoms with Crippen LogP contribution >= 0.6 is 22.7 Å². The first-order chi connectivity index (χ1) is 12.8. The summed E-state index contributed by atoms with van der Waals surface area (Å²) >= 11 is 3.20. The Morgan fingerprint density at radius 3 is 2.85 bits per heavy atom. The topological polar surface area (TPSA) is 64.5 Å². The number of carbonyl (C=O) groups excluding carboxylic acids is 1. The van der Waals surface area contributed by atoms with Crippen molar-refractivity contribution < 1.29 is 14.3 Å². The molecule has 0 spiro atoms. The maximum absolute atomic E-state index is 12.2. The van der Waals surface area contributed by atoms with Gasteiger partial charge in [0, 0.05) is 24.7 Å². The number of nitrogens with zero attached hydrogens (tertiary/aromatic N) is 3. The summed E-state index contributed by atoms with van der Waals surface area (Å²) in [6, 6.07) is 7.62. The van der Waals surface area contributed by atoms with Crippen molar-refractivity contribution in [3.05, 3.63) is 52.5 Å². The molecule has 4 rings (SSSR count). The van der Waals surface area contributed by atoms with Gasteiger partial charge in [-0.15, -0.1) is 22.7 Å². The lowest BCUT2D eigenvalue weighted by atomic mass is 10.2. The number of ether oxygens (including phenoxy) is 2. The third kappa shape index (κ3) is 3.92. The third-order valence-electron chi connectivity index (χ3n) is 3.95. The van der Waals surface area contributed by atoms with E-state index >= 15 is 0 Å². The monoisotopic (exact) mass is 387 g/mol. The number of hydrogen-bond donors (Lipinski definition) is 0. The van der Waals surface area contributed by atoms with Crippen molar-refractivity contribution in [1.29, 1.82) is 0 Å². The van der Waals surface area contributed by atoms with Crippen molar-refractivity contribution in [2.75, 3.05) is 31.2 Å². The van der Waals surface area contributed by atoms with Gasteiger partial charge in [-0.1, -0.05) is 6.07 Å². The Bertz CT molecular complexity index is 856. The number of anilines is 1. The Hall–Kier alpha value is -2.29. The Kier molecular flexibility index (Phi) is 5.24. The molecule has 0 atom stereocenters. The zero-order valence-electron chi connectivity index (χ0n) is 14.0. The number of esters is 1. The normalized spacial score (nSPS) is 14.4. The van der Waals surface area contributed by atoms with Gasteiger partial charge in [0.2, 0.25) is 0 Å². The first-order valence-electron chi connectivity index (χ1n) is 8.24. The van der Waals surface area contributed by atoms with E-state index in [9.17, 15) is 4.79 Å². The van der Waals surface area contributed by atoms with Crippen LogP contribution in [0, 0.1) is 0 Å². The van der Waals surface area contributed by atoms with Crippen LogP contribution in [0.4, 0.5) is 5.82 Å². The summed E-state index contributed by atoms with van der Waals surface area (Å²) in [5.41, 5.74) is 1.19. The third-order valence-corrected chi connectivity index (χ3v) is 5.88. The summed E-state index contributed by atoms with van der Waals surface area (Å²) in [7, 11) is 0. The molecule has 1 aliphatic rings. The SMILES string of the molecule is O=C(OCc1csc(-c2cccs2)n1)c1ccc(N2CCOCC2)nc1. The van der Waals surface area contributed by atoms with Crippen LogP contribution in [0.5, 0.6) is 0 Å². The van der Waals surface area contributed by atoms with E-state index in [0.717, 1.165) is 34.5 Å². The van der Waals surface area contributed by atoms with E-state index in [1.165, 1.54) is 0 Å². The largest absolute Gasteiger partial charge is 0.456 e. The number of thiazole rings is 1. The van der Waals surface area contributed by atoms with Crippen LogP contribution in [0.1, 0.15) is 16.1 Å². The maximum Gasteiger partial charge on any atom is 0.340 e. The fourth-order valence-corrected chi connectivity index (χ4v) is 4.21. The summed E-state index contributed by atoms with van der Waals surface area (Å²) in [5, 5.41) is 4.88. The molecule has 0 amide bonds. The molecule has 0 unspecified atom stereocenters. The number of morpholine rings is 1. The molecule has 6 nitrogen and oxygen atoms in total. The lowest BCUT2D eigenvalue weighted by Crippen LogP contribution is -2.36. The van der Waals surface area contributed by atoms with Crippen LogP contribution in [-0.2, 0) is 16.1 Å². The average molecular weight is 387 g/mol. The van der Waals surface area contributed by atoms with Crippen LogP contribution in [0.3, 0.4) is 0 Å². The predicted octanol–water partition coefficient (Wildman–Crippen LogP) is 3.46. The summed E-state index contributed by atoms with van der Waals surface area (Å²) in [4.78, 5) is 24.4. The standard InChI is InChI=1S/C18H17N3O3S2/c22-18(13-3-4-16(19-10-13)21-5-7-23-8-6-21)24-11-14-12-26-17(20-14)15-2-1-9-25-15/h1-4,9-10,12H,5-8,11H2. The molecule has 0 aromatic carbocycles. The lowest BCUT2D eigenvalue weighted by Gasteiger charge is -2.27. The van der Waals surface area contributed by atoms with Crippen LogP contribution in [0.25, 0.3) is 9.88 Å². The second-order valence-corrected chi connectivity index (χ2v) is 7.51. The molecule has 4 heterocycles. The zero-order chi connectivity index (χ0) is 17.8. The van der Waals surface area contributed by atoms with E-state index in [2.05, 4.69) is 14.9 Å². The van der Waals surface area contributed by atoms with Gasteiger partial charge in [-0.05, 0) is 23.6 Å². The van der Waals surface area contributed by atoms with Gasteiger partial charge in [-0.3, -0.25) is 0 Å². The molecule has 0 aliphatic carbocycles. The van der Waals surface area contributed by atoms with E-state index in [4.69, 9.17) is 9.47 Å². The maximum atomic E-state index is 12.2. The zero-order valence-corrected chi connectivity index (χ0v) is 15.6. The highest BCUT2D eigenvalue weighted by Gasteiger charge is 2.14. The lowest BCUT2D eigenvalue weighted by molar-refractivity contribution is 0.0468. The van der Waals surface area contributed by atoms with Crippen molar-refractivity contribution in [2.24, 2.45) is 0 Å². The second kappa shape index (κ2) is 7.94. The average Bonchev–Trinajstić information content (AvgIpc) is 3.38. The van der Waals surface area contributed by atoms with Crippen LogP contribution in [-0.4, -0.2) is 42.2 Å². The highest BCUT2D eigenvalue weighted by molar-refractivity contribution is 7.20. The number of pyridine rings is 1. The van der Waals surface area contributed by atoms with Gasteiger partial charge < -0.3 is 14.4 Å². The molecule has 1 fully saturated rings. The van der Waals surface area contributed by atoms with Gasteiger partial charge in [-0.2, -0.15) is 0 Å². The molecule has 8 heteroatoms. The number of thiophene rings is 1. The minimum absolute atomic E-state index is 0.159. The Morgan fingerprint density at radius 2 is 2.12 bits per heavy atom. The Labute approximate surface area is 159 Å². The summed E-state index contributed by atoms with van der Waals surface area (Å²) in [6.07, 6.45) is 1.56. The molecule has 3 aromatic rings. The van der Waals surface area contributed by atoms with Crippen LogP contribution in [0.2, 0.25) is 0 Å². The first-order valence-corrected chi connectivity index (χ1v) is 10.00. The number of hydrogen-bond acceptors (Lipinski definition) is 8. The van der Waals surface area contributed by atoms with E-state index < -0.39 is 5.97 Å². The first kappa shape index (κ1) is 17.1. The highest BCUT2D eigenvalue weighted by atomic mass is 32.1. The van der Waals surface area contributed by atoms with Gasteiger partial charge in [0.25, 0.3) is 0 Å². The van der Waals surface area contributed by atoms with Gasteiger partial charge in [0.1, 0.15) is 17.4 Å². The van der Waals surface area contributed by atoms with Crippen molar-refractivity contribution in [1.82, 2.24) is 9.97 Å². The molecule has 0 saturated carbocycles. The van der Waals surface area contributed by atoms with E-state index in [-0.39, 0.29) is 6.61 Å². The molecule has 1 saturated heterocycles. The highest BCUT2D eigenvalue weighted by Crippen LogP contribution is 2.28. The molecule has 0 bridgehead atoms. The van der Waals surface area contributed by atoms with E-state index in [0.29, 0.717) is 18.8 Å². The van der Waals surface area contributed by atoms with Gasteiger partial charge in [-0.25, -0.2) is 14.8 Å². The number of rotatable bonds is 5. The minimum Gasteiger partial charge on any atom is -0.456 e. The predicted molar refractivity (Wildman–Crippen MR) is 102 cm³/mol. The van der Waals surface area contributed by atoms with Crippen molar-refractivity contribution in [3.8, 4) is 9.88 Å². The molecular formula is C18H17N3O3S2. The molecular weight excluding hydrogens is 370 g/mol. The van der Waals surface area contributed by atoms with Crippen molar-refractivity contribution in [3.63, 3.8) is 0 Å². The van der Waals surface area contributed by atoms with Crippen LogP contribution < -0.4 is 4.90 Å². The smallest absolute Gasteiger partial charge is 0.340 e. The Morgan fingerprint density at radius 1 is 1.23 bits per heavy atom. The molecule has 3 aromatic heterocycles. The second-order valence-electron chi connectivity index (χ2n) is 5.70. The molecule has 0 radical (unpaired) electrons. The number of aromatic nitrogens is 2. The fourth-order valence-electron chi connectivity index (χ4n) is 2.60. The van der Waals surface area contributed by atoms with E-state index in [1.807, 2.05) is 29.0 Å². The molecule has 134 valence electrons. The van der Waals surface area contributed by atoms with Gasteiger partial charge in [0.05, 0.1) is 29.3 Å². The summed E-state index contributed by atoms with van der Waals surface area (Å²) in [6.45, 7) is 3.19. The molecule has 1 aliphatic heterocycles. The summed E-state index contributed by atoms with van der Waals surface area (Å²) in [5.74, 6) is 0.460. The van der Waals surface area contributed by atoms with Crippen LogP contribution in [0.15, 0.2) is 41.2 Å². The summed E-state index contributed by atoms with van der Waals surface area (Å²) < 4.78 is 10.7. The van der Waals surface area contributed by atoms with Crippen molar-refractivity contribution >= 4 is 34.5 Å². The number of carbonyl (C=O) groups is 1. The minimum atomic E-state index is -0.392. The van der Waals surface area contributed by atoms with E-state index in [1.54, 1.807) is 34.9 Å². The van der Waals surface area contributed by atoms with Gasteiger partial charge >= 0.3 is 5.97 Å². The van der Waals surface area contributed by atoms with Crippen molar-refractivity contribution in [2.45, 2.75) is 6.61 Å².